The summed E-state index contributed by atoms with van der Waals surface area (Å²) < 4.78 is 26.0. The molecule has 1 aliphatic rings. The summed E-state index contributed by atoms with van der Waals surface area (Å²) >= 11 is 0. The lowest BCUT2D eigenvalue weighted by molar-refractivity contribution is 0.348. The standard InChI is InChI=1S/C13H20N2O2S/c1-12-10-15(11-13-6-3-2-4-7-13)18(16,17)9-5-8-14-12/h2-4,6-7,12,14H,5,8-11H2,1H3. The molecule has 1 aromatic rings. The average Bonchev–Trinajstić information content (AvgIpc) is 2.34. The van der Waals surface area contributed by atoms with Crippen LogP contribution in [0.5, 0.6) is 0 Å². The summed E-state index contributed by atoms with van der Waals surface area (Å²) in [5.41, 5.74) is 1.04. The van der Waals surface area contributed by atoms with Gasteiger partial charge in [-0.2, -0.15) is 4.31 Å². The summed E-state index contributed by atoms with van der Waals surface area (Å²) in [5.74, 6) is 0.236. The Morgan fingerprint density at radius 1 is 1.33 bits per heavy atom. The Balaban J connectivity index is 2.15. The van der Waals surface area contributed by atoms with Gasteiger partial charge in [-0.3, -0.25) is 0 Å². The molecule has 0 bridgehead atoms. The second-order valence-corrected chi connectivity index (χ2v) is 6.89. The van der Waals surface area contributed by atoms with Crippen molar-refractivity contribution in [3.63, 3.8) is 0 Å². The fourth-order valence-corrected chi connectivity index (χ4v) is 3.73. The molecule has 1 aliphatic heterocycles. The second-order valence-electron chi connectivity index (χ2n) is 4.80. The number of rotatable bonds is 2. The van der Waals surface area contributed by atoms with Gasteiger partial charge in [0.15, 0.2) is 0 Å². The van der Waals surface area contributed by atoms with Crippen molar-refractivity contribution in [2.24, 2.45) is 0 Å². The minimum absolute atomic E-state index is 0.198. The van der Waals surface area contributed by atoms with E-state index in [0.717, 1.165) is 12.1 Å². The largest absolute Gasteiger partial charge is 0.313 e. The van der Waals surface area contributed by atoms with Gasteiger partial charge in [0.05, 0.1) is 5.75 Å². The van der Waals surface area contributed by atoms with Crippen molar-refractivity contribution >= 4 is 10.0 Å². The van der Waals surface area contributed by atoms with Gasteiger partial charge in [-0.05, 0) is 25.5 Å². The summed E-state index contributed by atoms with van der Waals surface area (Å²) in [4.78, 5) is 0. The first-order valence-electron chi connectivity index (χ1n) is 6.33. The molecule has 100 valence electrons. The van der Waals surface area contributed by atoms with Crippen LogP contribution >= 0.6 is 0 Å². The summed E-state index contributed by atoms with van der Waals surface area (Å²) in [6.07, 6.45) is 0.679. The first-order valence-corrected chi connectivity index (χ1v) is 7.94. The van der Waals surface area contributed by atoms with Crippen LogP contribution in [0.25, 0.3) is 0 Å². The number of nitrogens with one attached hydrogen (secondary N) is 1. The fourth-order valence-electron chi connectivity index (χ4n) is 2.17. The Kier molecular flexibility index (Phi) is 4.37. The zero-order valence-corrected chi connectivity index (χ0v) is 11.5. The van der Waals surface area contributed by atoms with E-state index in [-0.39, 0.29) is 11.8 Å². The lowest BCUT2D eigenvalue weighted by atomic mass is 10.2. The highest BCUT2D eigenvalue weighted by Crippen LogP contribution is 2.13. The maximum Gasteiger partial charge on any atom is 0.214 e. The molecule has 0 aliphatic carbocycles. The van der Waals surface area contributed by atoms with Crippen molar-refractivity contribution in [2.45, 2.75) is 25.9 Å². The van der Waals surface area contributed by atoms with E-state index in [1.807, 2.05) is 37.3 Å². The van der Waals surface area contributed by atoms with Crippen LogP contribution in [-0.2, 0) is 16.6 Å². The molecule has 0 radical (unpaired) electrons. The molecule has 4 nitrogen and oxygen atoms in total. The molecule has 1 fully saturated rings. The highest BCUT2D eigenvalue weighted by molar-refractivity contribution is 7.89. The van der Waals surface area contributed by atoms with Gasteiger partial charge in [0.2, 0.25) is 10.0 Å². The number of hydrogen-bond acceptors (Lipinski definition) is 3. The SMILES string of the molecule is CC1CN(Cc2ccccc2)S(=O)(=O)CCCN1. The van der Waals surface area contributed by atoms with Gasteiger partial charge in [0.1, 0.15) is 0 Å². The third-order valence-electron chi connectivity index (χ3n) is 3.14. The van der Waals surface area contributed by atoms with E-state index in [4.69, 9.17) is 0 Å². The lowest BCUT2D eigenvalue weighted by Crippen LogP contribution is -2.45. The van der Waals surface area contributed by atoms with E-state index in [0.29, 0.717) is 19.5 Å². The van der Waals surface area contributed by atoms with Crippen molar-refractivity contribution in [3.8, 4) is 0 Å². The van der Waals surface area contributed by atoms with E-state index in [1.54, 1.807) is 4.31 Å². The summed E-state index contributed by atoms with van der Waals surface area (Å²) in [6.45, 7) is 3.81. The minimum atomic E-state index is -3.12. The van der Waals surface area contributed by atoms with Crippen LogP contribution in [0, 0.1) is 0 Å². The van der Waals surface area contributed by atoms with E-state index in [9.17, 15) is 8.42 Å². The second kappa shape index (κ2) is 5.82. The van der Waals surface area contributed by atoms with Gasteiger partial charge in [0, 0.05) is 19.1 Å². The third kappa shape index (κ3) is 3.54. The topological polar surface area (TPSA) is 49.4 Å². The Bertz CT molecular complexity index is 473. The van der Waals surface area contributed by atoms with E-state index in [1.165, 1.54) is 0 Å². The van der Waals surface area contributed by atoms with Crippen molar-refractivity contribution in [1.82, 2.24) is 9.62 Å². The van der Waals surface area contributed by atoms with Crippen LogP contribution < -0.4 is 5.32 Å². The van der Waals surface area contributed by atoms with Crippen molar-refractivity contribution < 1.29 is 8.42 Å². The van der Waals surface area contributed by atoms with Crippen LogP contribution in [0.2, 0.25) is 0 Å². The number of hydrogen-bond donors (Lipinski definition) is 1. The maximum atomic E-state index is 12.2. The van der Waals surface area contributed by atoms with Crippen LogP contribution in [0.1, 0.15) is 18.9 Å². The predicted octanol–water partition coefficient (Wildman–Crippen LogP) is 1.20. The normalized spacial score (nSPS) is 25.3. The predicted molar refractivity (Wildman–Crippen MR) is 72.7 cm³/mol. The molecule has 0 saturated carbocycles. The van der Waals surface area contributed by atoms with Crippen LogP contribution in [0.3, 0.4) is 0 Å². The first-order chi connectivity index (χ1) is 8.58. The van der Waals surface area contributed by atoms with Crippen LogP contribution in [0.15, 0.2) is 30.3 Å². The molecule has 1 N–H and O–H groups in total. The van der Waals surface area contributed by atoms with Crippen LogP contribution in [-0.4, -0.2) is 37.6 Å². The highest BCUT2D eigenvalue weighted by atomic mass is 32.2. The quantitative estimate of drug-likeness (QED) is 0.877. The Hall–Kier alpha value is -0.910. The minimum Gasteiger partial charge on any atom is -0.313 e. The lowest BCUT2D eigenvalue weighted by Gasteiger charge is -2.28. The molecule has 1 heterocycles. The Morgan fingerprint density at radius 2 is 2.06 bits per heavy atom. The van der Waals surface area contributed by atoms with E-state index >= 15 is 0 Å². The van der Waals surface area contributed by atoms with Crippen molar-refractivity contribution in [1.29, 1.82) is 0 Å². The first kappa shape index (κ1) is 13.5. The van der Waals surface area contributed by atoms with Gasteiger partial charge in [-0.15, -0.1) is 0 Å². The highest BCUT2D eigenvalue weighted by Gasteiger charge is 2.25. The number of benzene rings is 1. The zero-order valence-electron chi connectivity index (χ0n) is 10.7. The third-order valence-corrected chi connectivity index (χ3v) is 5.01. The van der Waals surface area contributed by atoms with E-state index in [2.05, 4.69) is 5.32 Å². The molecule has 0 spiro atoms. The van der Waals surface area contributed by atoms with Crippen molar-refractivity contribution in [2.75, 3.05) is 18.8 Å². The van der Waals surface area contributed by atoms with Gasteiger partial charge in [-0.1, -0.05) is 30.3 Å². The smallest absolute Gasteiger partial charge is 0.214 e. The van der Waals surface area contributed by atoms with Gasteiger partial charge in [-0.25, -0.2) is 8.42 Å². The molecule has 0 amide bonds. The Morgan fingerprint density at radius 3 is 2.78 bits per heavy atom. The molecule has 1 aromatic carbocycles. The maximum absolute atomic E-state index is 12.2. The average molecular weight is 268 g/mol. The monoisotopic (exact) mass is 268 g/mol. The fraction of sp³-hybridized carbons (Fsp3) is 0.538. The van der Waals surface area contributed by atoms with Crippen LogP contribution in [0.4, 0.5) is 0 Å². The molecule has 18 heavy (non-hydrogen) atoms. The molecule has 0 aromatic heterocycles. The Labute approximate surface area is 109 Å². The summed E-state index contributed by atoms with van der Waals surface area (Å²) in [6, 6.07) is 9.94. The number of sulfonamides is 1. The van der Waals surface area contributed by atoms with E-state index < -0.39 is 10.0 Å². The molecule has 2 rings (SSSR count). The van der Waals surface area contributed by atoms with Gasteiger partial charge < -0.3 is 5.32 Å². The van der Waals surface area contributed by atoms with Gasteiger partial charge >= 0.3 is 0 Å². The molecule has 1 unspecified atom stereocenters. The van der Waals surface area contributed by atoms with Crippen molar-refractivity contribution in [3.05, 3.63) is 35.9 Å². The number of nitrogens with zero attached hydrogens (tertiary/aromatic N) is 1. The molecular weight excluding hydrogens is 248 g/mol. The zero-order chi connectivity index (χ0) is 13.0. The molecule has 1 atom stereocenters. The summed E-state index contributed by atoms with van der Waals surface area (Å²) in [5, 5.41) is 3.33. The molecule has 5 heteroatoms. The molecule has 1 saturated heterocycles. The summed E-state index contributed by atoms with van der Waals surface area (Å²) in [7, 11) is -3.12. The molecular formula is C13H20N2O2S. The van der Waals surface area contributed by atoms with Gasteiger partial charge in [0.25, 0.3) is 0 Å².